The molecule has 106 valence electrons. The molecule has 0 bridgehead atoms. The van der Waals surface area contributed by atoms with Gasteiger partial charge in [-0.15, -0.1) is 0 Å². The first-order chi connectivity index (χ1) is 9.26. The highest BCUT2D eigenvalue weighted by molar-refractivity contribution is 6.31. The van der Waals surface area contributed by atoms with E-state index in [1.807, 2.05) is 6.20 Å². The molecule has 1 heterocycles. The quantitative estimate of drug-likeness (QED) is 0.852. The van der Waals surface area contributed by atoms with E-state index in [0.29, 0.717) is 12.0 Å². The minimum Gasteiger partial charge on any atom is -0.310 e. The molecule has 0 aliphatic heterocycles. The van der Waals surface area contributed by atoms with Gasteiger partial charge >= 0.3 is 0 Å². The highest BCUT2D eigenvalue weighted by Gasteiger charge is 2.28. The van der Waals surface area contributed by atoms with Gasteiger partial charge in [0.1, 0.15) is 0 Å². The van der Waals surface area contributed by atoms with Crippen molar-refractivity contribution in [1.29, 1.82) is 0 Å². The van der Waals surface area contributed by atoms with Crippen LogP contribution in [-0.4, -0.2) is 11.5 Å². The summed E-state index contributed by atoms with van der Waals surface area (Å²) in [5, 5.41) is 4.43. The van der Waals surface area contributed by atoms with Gasteiger partial charge in [-0.25, -0.2) is 0 Å². The summed E-state index contributed by atoms with van der Waals surface area (Å²) in [5.74, 6) is 1.65. The van der Waals surface area contributed by atoms with E-state index in [2.05, 4.69) is 30.2 Å². The lowest BCUT2D eigenvalue weighted by Gasteiger charge is -2.34. The average molecular weight is 281 g/mol. The van der Waals surface area contributed by atoms with Crippen LogP contribution in [0.4, 0.5) is 0 Å². The van der Waals surface area contributed by atoms with Crippen LogP contribution in [0.1, 0.15) is 57.6 Å². The molecular weight excluding hydrogens is 256 g/mol. The van der Waals surface area contributed by atoms with Crippen LogP contribution in [0.3, 0.4) is 0 Å². The largest absolute Gasteiger partial charge is 0.310 e. The number of hydrogen-bond acceptors (Lipinski definition) is 2. The second-order valence-corrected chi connectivity index (χ2v) is 6.03. The van der Waals surface area contributed by atoms with Gasteiger partial charge in [0.15, 0.2) is 0 Å². The Hall–Kier alpha value is -0.600. The van der Waals surface area contributed by atoms with Crippen molar-refractivity contribution in [3.05, 3.63) is 29.0 Å². The first-order valence-corrected chi connectivity index (χ1v) is 7.96. The number of hydrogen-bond donors (Lipinski definition) is 1. The van der Waals surface area contributed by atoms with Gasteiger partial charge in [0.25, 0.3) is 0 Å². The number of nitrogens with zero attached hydrogens (tertiary/aromatic N) is 1. The Balaban J connectivity index is 2.10. The van der Waals surface area contributed by atoms with Crippen LogP contribution in [0.15, 0.2) is 18.5 Å². The van der Waals surface area contributed by atoms with Gasteiger partial charge in [-0.1, -0.05) is 44.7 Å². The molecule has 3 heteroatoms. The third kappa shape index (κ3) is 3.70. The summed E-state index contributed by atoms with van der Waals surface area (Å²) >= 11 is 6.33. The molecule has 0 radical (unpaired) electrons. The topological polar surface area (TPSA) is 24.9 Å². The lowest BCUT2D eigenvalue weighted by Crippen LogP contribution is -2.31. The van der Waals surface area contributed by atoms with Gasteiger partial charge < -0.3 is 5.32 Å². The molecule has 1 atom stereocenters. The zero-order valence-corrected chi connectivity index (χ0v) is 12.8. The lowest BCUT2D eigenvalue weighted by molar-refractivity contribution is 0.220. The minimum atomic E-state index is 0.387. The number of nitrogens with one attached hydrogen (secondary N) is 1. The number of pyridine rings is 1. The van der Waals surface area contributed by atoms with Crippen molar-refractivity contribution in [2.75, 3.05) is 6.54 Å². The van der Waals surface area contributed by atoms with E-state index in [0.717, 1.165) is 17.5 Å². The number of aromatic nitrogens is 1. The Morgan fingerprint density at radius 1 is 1.32 bits per heavy atom. The van der Waals surface area contributed by atoms with Crippen molar-refractivity contribution in [3.63, 3.8) is 0 Å². The highest BCUT2D eigenvalue weighted by atomic mass is 35.5. The first kappa shape index (κ1) is 14.8. The van der Waals surface area contributed by atoms with E-state index >= 15 is 0 Å². The molecule has 0 aromatic carbocycles. The zero-order chi connectivity index (χ0) is 13.7. The fourth-order valence-corrected chi connectivity index (χ4v) is 3.56. The summed E-state index contributed by atoms with van der Waals surface area (Å²) in [7, 11) is 0. The van der Waals surface area contributed by atoms with E-state index in [-0.39, 0.29) is 0 Å². The summed E-state index contributed by atoms with van der Waals surface area (Å²) < 4.78 is 0. The molecule has 0 spiro atoms. The SMILES string of the molecule is CCNC(c1ccncc1Cl)C1CCC(CC)CC1. The van der Waals surface area contributed by atoms with Gasteiger partial charge in [0.05, 0.1) is 5.02 Å². The summed E-state index contributed by atoms with van der Waals surface area (Å²) in [6.07, 6.45) is 10.3. The van der Waals surface area contributed by atoms with E-state index in [1.165, 1.54) is 37.7 Å². The minimum absolute atomic E-state index is 0.387. The Kier molecular flexibility index (Phi) is 5.65. The molecular formula is C16H25ClN2. The van der Waals surface area contributed by atoms with Crippen molar-refractivity contribution >= 4 is 11.6 Å². The molecule has 1 saturated carbocycles. The summed E-state index contributed by atoms with van der Waals surface area (Å²) in [6.45, 7) is 5.46. The zero-order valence-electron chi connectivity index (χ0n) is 12.0. The molecule has 19 heavy (non-hydrogen) atoms. The average Bonchev–Trinajstić information content (AvgIpc) is 2.46. The van der Waals surface area contributed by atoms with Crippen LogP contribution in [0.25, 0.3) is 0 Å². The first-order valence-electron chi connectivity index (χ1n) is 7.59. The Morgan fingerprint density at radius 3 is 2.63 bits per heavy atom. The van der Waals surface area contributed by atoms with Crippen LogP contribution >= 0.6 is 11.6 Å². The molecule has 1 aromatic rings. The van der Waals surface area contributed by atoms with Crippen molar-refractivity contribution in [2.24, 2.45) is 11.8 Å². The maximum absolute atomic E-state index is 6.33. The second-order valence-electron chi connectivity index (χ2n) is 5.62. The molecule has 1 fully saturated rings. The summed E-state index contributed by atoms with van der Waals surface area (Å²) in [4.78, 5) is 4.10. The normalized spacial score (nSPS) is 25.2. The Bertz CT molecular complexity index is 386. The van der Waals surface area contributed by atoms with E-state index in [4.69, 9.17) is 11.6 Å². The summed E-state index contributed by atoms with van der Waals surface area (Å²) in [5.41, 5.74) is 1.22. The van der Waals surface area contributed by atoms with Crippen LogP contribution in [0.2, 0.25) is 5.02 Å². The van der Waals surface area contributed by atoms with Gasteiger partial charge in [-0.05, 0) is 42.9 Å². The molecule has 1 unspecified atom stereocenters. The van der Waals surface area contributed by atoms with Crippen molar-refractivity contribution < 1.29 is 0 Å². The highest BCUT2D eigenvalue weighted by Crippen LogP contribution is 2.39. The molecule has 1 aromatic heterocycles. The number of rotatable bonds is 5. The fraction of sp³-hybridized carbons (Fsp3) is 0.688. The molecule has 2 rings (SSSR count). The fourth-order valence-electron chi connectivity index (χ4n) is 3.32. The van der Waals surface area contributed by atoms with Crippen molar-refractivity contribution in [1.82, 2.24) is 10.3 Å². The predicted molar refractivity (Wildman–Crippen MR) is 81.4 cm³/mol. The van der Waals surface area contributed by atoms with Crippen LogP contribution in [-0.2, 0) is 0 Å². The van der Waals surface area contributed by atoms with Crippen LogP contribution in [0.5, 0.6) is 0 Å². The van der Waals surface area contributed by atoms with Gasteiger partial charge in [0, 0.05) is 18.4 Å². The maximum atomic E-state index is 6.33. The monoisotopic (exact) mass is 280 g/mol. The van der Waals surface area contributed by atoms with Gasteiger partial charge in [0.2, 0.25) is 0 Å². The molecule has 0 saturated heterocycles. The van der Waals surface area contributed by atoms with Crippen molar-refractivity contribution in [3.8, 4) is 0 Å². The smallest absolute Gasteiger partial charge is 0.0637 e. The molecule has 0 amide bonds. The van der Waals surface area contributed by atoms with E-state index in [9.17, 15) is 0 Å². The van der Waals surface area contributed by atoms with Gasteiger partial charge in [-0.3, -0.25) is 4.98 Å². The van der Waals surface area contributed by atoms with Crippen LogP contribution in [0, 0.1) is 11.8 Å². The molecule has 1 N–H and O–H groups in total. The maximum Gasteiger partial charge on any atom is 0.0637 e. The Morgan fingerprint density at radius 2 is 2.05 bits per heavy atom. The predicted octanol–water partition coefficient (Wildman–Crippen LogP) is 4.60. The Labute approximate surface area is 122 Å². The number of halogens is 1. The van der Waals surface area contributed by atoms with Crippen LogP contribution < -0.4 is 5.32 Å². The lowest BCUT2D eigenvalue weighted by atomic mass is 9.76. The molecule has 2 nitrogen and oxygen atoms in total. The third-order valence-electron chi connectivity index (χ3n) is 4.50. The van der Waals surface area contributed by atoms with E-state index < -0.39 is 0 Å². The summed E-state index contributed by atoms with van der Waals surface area (Å²) in [6, 6.07) is 2.46. The second kappa shape index (κ2) is 7.25. The van der Waals surface area contributed by atoms with E-state index in [1.54, 1.807) is 6.20 Å². The van der Waals surface area contributed by atoms with Gasteiger partial charge in [-0.2, -0.15) is 0 Å². The standard InChI is InChI=1S/C16H25ClN2/c1-3-12-5-7-13(8-6-12)16(19-4-2)14-9-10-18-11-15(14)17/h9-13,16,19H,3-8H2,1-2H3. The third-order valence-corrected chi connectivity index (χ3v) is 4.82. The van der Waals surface area contributed by atoms with Crippen molar-refractivity contribution in [2.45, 2.75) is 52.0 Å². The molecule has 1 aliphatic rings. The molecule has 1 aliphatic carbocycles.